The van der Waals surface area contributed by atoms with E-state index in [1.54, 1.807) is 31.2 Å². The molecule has 0 aliphatic carbocycles. The van der Waals surface area contributed by atoms with E-state index < -0.39 is 18.1 Å². The van der Waals surface area contributed by atoms with Gasteiger partial charge in [-0.3, -0.25) is 19.3 Å². The molecular formula is C32H32N2O5. The number of rotatable bonds is 8. The summed E-state index contributed by atoms with van der Waals surface area (Å²) in [6, 6.07) is 23.9. The molecule has 2 heterocycles. The highest BCUT2D eigenvalue weighted by molar-refractivity contribution is 6.21. The molecule has 2 aliphatic rings. The standard InChI is InChI=1S/C32H32N2O5/c1-20(2)28-19-39-32(38)34(28)29(35)21(3)17-25(33-30(36)26-11-7-8-12-27(26)31(33)37)18-22-13-15-24(16-14-22)23-9-5-4-6-10-23/h4-16,20-21,25,28H,17-19H2,1-3H3/t21?,25-,28?/m0/s1. The minimum Gasteiger partial charge on any atom is -0.447 e. The van der Waals surface area contributed by atoms with Crippen LogP contribution in [0.5, 0.6) is 0 Å². The maximum absolute atomic E-state index is 13.5. The van der Waals surface area contributed by atoms with Crippen molar-refractivity contribution in [2.75, 3.05) is 6.61 Å². The summed E-state index contributed by atoms with van der Waals surface area (Å²) in [5.74, 6) is -1.64. The Morgan fingerprint density at radius 2 is 1.38 bits per heavy atom. The summed E-state index contributed by atoms with van der Waals surface area (Å²) < 4.78 is 5.18. The summed E-state index contributed by atoms with van der Waals surface area (Å²) in [4.78, 5) is 55.3. The molecule has 2 unspecified atom stereocenters. The van der Waals surface area contributed by atoms with Gasteiger partial charge in [0, 0.05) is 12.0 Å². The van der Waals surface area contributed by atoms with Crippen LogP contribution in [0.15, 0.2) is 78.9 Å². The Morgan fingerprint density at radius 1 is 0.821 bits per heavy atom. The van der Waals surface area contributed by atoms with E-state index >= 15 is 0 Å². The molecule has 0 spiro atoms. The van der Waals surface area contributed by atoms with E-state index in [9.17, 15) is 19.2 Å². The van der Waals surface area contributed by atoms with Crippen LogP contribution in [0, 0.1) is 11.8 Å². The Bertz CT molecular complexity index is 1360. The third-order valence-corrected chi connectivity index (χ3v) is 7.68. The lowest BCUT2D eigenvalue weighted by Gasteiger charge is -2.31. The third-order valence-electron chi connectivity index (χ3n) is 7.68. The van der Waals surface area contributed by atoms with E-state index in [-0.39, 0.29) is 42.7 Å². The Kier molecular flexibility index (Phi) is 7.33. The zero-order chi connectivity index (χ0) is 27.7. The number of nitrogens with zero attached hydrogens (tertiary/aromatic N) is 2. The molecule has 0 radical (unpaired) electrons. The van der Waals surface area contributed by atoms with Gasteiger partial charge < -0.3 is 4.74 Å². The number of ether oxygens (including phenoxy) is 1. The predicted molar refractivity (Wildman–Crippen MR) is 147 cm³/mol. The highest BCUT2D eigenvalue weighted by Gasteiger charge is 2.44. The molecule has 7 heteroatoms. The van der Waals surface area contributed by atoms with Crippen LogP contribution in [-0.4, -0.2) is 52.3 Å². The van der Waals surface area contributed by atoms with Crippen LogP contribution in [0.1, 0.15) is 53.5 Å². The van der Waals surface area contributed by atoms with Crippen LogP contribution < -0.4 is 0 Å². The minimum absolute atomic E-state index is 0.0442. The summed E-state index contributed by atoms with van der Waals surface area (Å²) in [5.41, 5.74) is 3.84. The largest absolute Gasteiger partial charge is 0.447 e. The van der Waals surface area contributed by atoms with E-state index in [4.69, 9.17) is 4.74 Å². The second kappa shape index (κ2) is 10.8. The quantitative estimate of drug-likeness (QED) is 0.359. The fourth-order valence-corrected chi connectivity index (χ4v) is 5.48. The van der Waals surface area contributed by atoms with Gasteiger partial charge >= 0.3 is 6.09 Å². The maximum Gasteiger partial charge on any atom is 0.416 e. The molecule has 0 bridgehead atoms. The number of hydrogen-bond acceptors (Lipinski definition) is 5. The van der Waals surface area contributed by atoms with Crippen LogP contribution in [0.2, 0.25) is 0 Å². The molecular weight excluding hydrogens is 492 g/mol. The summed E-state index contributed by atoms with van der Waals surface area (Å²) in [5, 5.41) is 0. The molecule has 1 fully saturated rings. The molecule has 5 rings (SSSR count). The Morgan fingerprint density at radius 3 is 1.97 bits per heavy atom. The van der Waals surface area contributed by atoms with E-state index in [0.29, 0.717) is 17.5 Å². The SMILES string of the molecule is CC(C[C@@H](Cc1ccc(-c2ccccc2)cc1)N1C(=O)c2ccccc2C1=O)C(=O)N1C(=O)OCC1C(C)C. The zero-order valence-electron chi connectivity index (χ0n) is 22.4. The van der Waals surface area contributed by atoms with Crippen LogP contribution in [-0.2, 0) is 16.0 Å². The number of carbonyl (C=O) groups is 4. The molecule has 3 aromatic rings. The topological polar surface area (TPSA) is 84.0 Å². The number of carbonyl (C=O) groups excluding carboxylic acids is 4. The second-order valence-electron chi connectivity index (χ2n) is 10.7. The van der Waals surface area contributed by atoms with Crippen molar-refractivity contribution in [1.82, 2.24) is 9.80 Å². The lowest BCUT2D eigenvalue weighted by Crippen LogP contribution is -2.47. The molecule has 2 aliphatic heterocycles. The lowest BCUT2D eigenvalue weighted by molar-refractivity contribution is -0.134. The molecule has 3 aromatic carbocycles. The van der Waals surface area contributed by atoms with Crippen molar-refractivity contribution in [3.63, 3.8) is 0 Å². The average Bonchev–Trinajstić information content (AvgIpc) is 3.45. The third kappa shape index (κ3) is 5.09. The van der Waals surface area contributed by atoms with Crippen molar-refractivity contribution in [2.45, 2.75) is 45.7 Å². The zero-order valence-corrected chi connectivity index (χ0v) is 22.4. The number of amides is 4. The van der Waals surface area contributed by atoms with E-state index in [1.165, 1.54) is 9.80 Å². The van der Waals surface area contributed by atoms with Gasteiger partial charge in [0.05, 0.1) is 17.2 Å². The minimum atomic E-state index is -0.640. The van der Waals surface area contributed by atoms with Crippen molar-refractivity contribution in [3.8, 4) is 11.1 Å². The van der Waals surface area contributed by atoms with Gasteiger partial charge in [-0.1, -0.05) is 87.5 Å². The number of cyclic esters (lactones) is 1. The molecule has 200 valence electrons. The Labute approximate surface area is 228 Å². The first kappa shape index (κ1) is 26.4. The van der Waals surface area contributed by atoms with Gasteiger partial charge in [-0.15, -0.1) is 0 Å². The molecule has 0 aromatic heterocycles. The van der Waals surface area contributed by atoms with E-state index in [1.807, 2.05) is 68.4 Å². The highest BCUT2D eigenvalue weighted by Crippen LogP contribution is 2.31. The van der Waals surface area contributed by atoms with E-state index in [2.05, 4.69) is 0 Å². The first-order valence-corrected chi connectivity index (χ1v) is 13.4. The molecule has 0 N–H and O–H groups in total. The van der Waals surface area contributed by atoms with Crippen molar-refractivity contribution in [2.24, 2.45) is 11.8 Å². The summed E-state index contributed by atoms with van der Waals surface area (Å²) in [7, 11) is 0. The molecule has 4 amide bonds. The van der Waals surface area contributed by atoms with Crippen molar-refractivity contribution >= 4 is 23.8 Å². The van der Waals surface area contributed by atoms with Gasteiger partial charge in [0.2, 0.25) is 5.91 Å². The normalized spacial score (nSPS) is 18.4. The van der Waals surface area contributed by atoms with Crippen molar-refractivity contribution in [3.05, 3.63) is 95.6 Å². The first-order chi connectivity index (χ1) is 18.8. The second-order valence-corrected chi connectivity index (χ2v) is 10.7. The lowest BCUT2D eigenvalue weighted by atomic mass is 9.92. The Balaban J connectivity index is 1.42. The predicted octanol–water partition coefficient (Wildman–Crippen LogP) is 5.59. The van der Waals surface area contributed by atoms with Crippen molar-refractivity contribution in [1.29, 1.82) is 0 Å². The van der Waals surface area contributed by atoms with Crippen molar-refractivity contribution < 1.29 is 23.9 Å². The van der Waals surface area contributed by atoms with Gasteiger partial charge in [0.15, 0.2) is 0 Å². The van der Waals surface area contributed by atoms with Crippen LogP contribution in [0.4, 0.5) is 4.79 Å². The molecule has 7 nitrogen and oxygen atoms in total. The monoisotopic (exact) mass is 524 g/mol. The summed E-state index contributed by atoms with van der Waals surface area (Å²) >= 11 is 0. The fraction of sp³-hybridized carbons (Fsp3) is 0.312. The molecule has 0 saturated carbocycles. The van der Waals surface area contributed by atoms with Crippen LogP contribution in [0.25, 0.3) is 11.1 Å². The van der Waals surface area contributed by atoms with Gasteiger partial charge in [-0.05, 0) is 47.6 Å². The van der Waals surface area contributed by atoms with Crippen LogP contribution in [0.3, 0.4) is 0 Å². The Hall–Kier alpha value is -4.26. The highest BCUT2D eigenvalue weighted by atomic mass is 16.6. The number of fused-ring (bicyclic) bond motifs is 1. The average molecular weight is 525 g/mol. The number of imide groups is 2. The number of hydrogen-bond donors (Lipinski definition) is 0. The van der Waals surface area contributed by atoms with Crippen LogP contribution >= 0.6 is 0 Å². The van der Waals surface area contributed by atoms with Gasteiger partial charge in [0.25, 0.3) is 11.8 Å². The molecule has 1 saturated heterocycles. The first-order valence-electron chi connectivity index (χ1n) is 13.4. The summed E-state index contributed by atoms with van der Waals surface area (Å²) in [6.45, 7) is 5.80. The van der Waals surface area contributed by atoms with E-state index in [0.717, 1.165) is 16.7 Å². The molecule has 3 atom stereocenters. The fourth-order valence-electron chi connectivity index (χ4n) is 5.48. The molecule has 39 heavy (non-hydrogen) atoms. The van der Waals surface area contributed by atoms with Gasteiger partial charge in [-0.25, -0.2) is 9.69 Å². The summed E-state index contributed by atoms with van der Waals surface area (Å²) in [6.07, 6.45) is -0.0328. The maximum atomic E-state index is 13.5. The smallest absolute Gasteiger partial charge is 0.416 e. The van der Waals surface area contributed by atoms with Gasteiger partial charge in [0.1, 0.15) is 6.61 Å². The number of benzene rings is 3. The van der Waals surface area contributed by atoms with Gasteiger partial charge in [-0.2, -0.15) is 0 Å².